The molecule has 6 heteroatoms. The van der Waals surface area contributed by atoms with Crippen molar-refractivity contribution < 1.29 is 19.4 Å². The van der Waals surface area contributed by atoms with E-state index in [1.165, 1.54) is 4.90 Å². The Hall–Kier alpha value is -1.56. The van der Waals surface area contributed by atoms with Gasteiger partial charge in [0.1, 0.15) is 11.8 Å². The summed E-state index contributed by atoms with van der Waals surface area (Å²) >= 11 is 3.40. The molecule has 1 atom stereocenters. The smallest absolute Gasteiger partial charge is 0.326 e. The Morgan fingerprint density at radius 2 is 2.24 bits per heavy atom. The molecule has 1 aliphatic rings. The van der Waals surface area contributed by atoms with E-state index >= 15 is 0 Å². The largest absolute Gasteiger partial charge is 0.496 e. The van der Waals surface area contributed by atoms with Gasteiger partial charge in [0.05, 0.1) is 7.11 Å². The number of carboxylic acid groups (broad SMARTS) is 1. The van der Waals surface area contributed by atoms with Gasteiger partial charge in [-0.3, -0.25) is 4.79 Å². The molecule has 0 saturated carbocycles. The van der Waals surface area contributed by atoms with Crippen LogP contribution in [-0.4, -0.2) is 41.6 Å². The number of aliphatic carboxylic acids is 1. The number of hydrogen-bond donors (Lipinski definition) is 1. The Labute approximate surface area is 132 Å². The number of rotatable bonds is 5. The van der Waals surface area contributed by atoms with Gasteiger partial charge in [-0.05, 0) is 43.0 Å². The minimum Gasteiger partial charge on any atom is -0.496 e. The number of carboxylic acids is 1. The summed E-state index contributed by atoms with van der Waals surface area (Å²) < 4.78 is 6.20. The third-order valence-electron chi connectivity index (χ3n) is 3.71. The molecule has 1 aromatic carbocycles. The lowest BCUT2D eigenvalue weighted by molar-refractivity contribution is -0.148. The zero-order valence-electron chi connectivity index (χ0n) is 11.8. The highest BCUT2D eigenvalue weighted by Gasteiger charge is 2.33. The molecule has 114 valence electrons. The Morgan fingerprint density at radius 1 is 1.48 bits per heavy atom. The van der Waals surface area contributed by atoms with E-state index in [1.54, 1.807) is 7.11 Å². The number of carbonyl (C=O) groups is 2. The number of aryl methyl sites for hydroxylation is 1. The summed E-state index contributed by atoms with van der Waals surface area (Å²) in [5.41, 5.74) is 0.936. The molecule has 1 amide bonds. The molecule has 0 bridgehead atoms. The molecule has 1 saturated heterocycles. The third kappa shape index (κ3) is 3.75. The monoisotopic (exact) mass is 355 g/mol. The zero-order chi connectivity index (χ0) is 15.4. The van der Waals surface area contributed by atoms with E-state index in [0.29, 0.717) is 19.4 Å². The van der Waals surface area contributed by atoms with Crippen molar-refractivity contribution in [2.75, 3.05) is 13.7 Å². The highest BCUT2D eigenvalue weighted by Crippen LogP contribution is 2.25. The van der Waals surface area contributed by atoms with Crippen LogP contribution >= 0.6 is 15.9 Å². The molecule has 1 unspecified atom stereocenters. The minimum absolute atomic E-state index is 0.109. The van der Waals surface area contributed by atoms with Gasteiger partial charge < -0.3 is 14.7 Å². The number of halogens is 1. The van der Waals surface area contributed by atoms with E-state index in [4.69, 9.17) is 9.84 Å². The molecule has 0 aliphatic carbocycles. The average molecular weight is 356 g/mol. The number of likely N-dealkylation sites (tertiary alicyclic amines) is 1. The van der Waals surface area contributed by atoms with Gasteiger partial charge in [-0.15, -0.1) is 0 Å². The van der Waals surface area contributed by atoms with E-state index < -0.39 is 12.0 Å². The van der Waals surface area contributed by atoms with Gasteiger partial charge in [0.15, 0.2) is 0 Å². The fourth-order valence-corrected chi connectivity index (χ4v) is 3.06. The van der Waals surface area contributed by atoms with Crippen LogP contribution in [0.2, 0.25) is 0 Å². The van der Waals surface area contributed by atoms with E-state index in [-0.39, 0.29) is 12.3 Å². The number of carbonyl (C=O) groups excluding carboxylic acids is 1. The van der Waals surface area contributed by atoms with Gasteiger partial charge >= 0.3 is 5.97 Å². The van der Waals surface area contributed by atoms with Crippen molar-refractivity contribution in [3.8, 4) is 5.75 Å². The molecule has 1 heterocycles. The maximum absolute atomic E-state index is 12.2. The lowest BCUT2D eigenvalue weighted by atomic mass is 10.1. The minimum atomic E-state index is -0.916. The van der Waals surface area contributed by atoms with E-state index in [1.807, 2.05) is 18.2 Å². The van der Waals surface area contributed by atoms with Gasteiger partial charge in [0.25, 0.3) is 0 Å². The Morgan fingerprint density at radius 3 is 2.90 bits per heavy atom. The summed E-state index contributed by atoms with van der Waals surface area (Å²) in [6, 6.07) is 4.98. The molecule has 1 fully saturated rings. The molecule has 21 heavy (non-hydrogen) atoms. The summed E-state index contributed by atoms with van der Waals surface area (Å²) in [5, 5.41) is 9.12. The van der Waals surface area contributed by atoms with Crippen LogP contribution in [0, 0.1) is 0 Å². The second kappa shape index (κ2) is 6.93. The highest BCUT2D eigenvalue weighted by molar-refractivity contribution is 9.10. The number of ether oxygens (including phenoxy) is 1. The average Bonchev–Trinajstić information content (AvgIpc) is 2.94. The second-order valence-electron chi connectivity index (χ2n) is 5.04. The number of methoxy groups -OCH3 is 1. The Balaban J connectivity index is 2.01. The lowest BCUT2D eigenvalue weighted by Gasteiger charge is -2.21. The van der Waals surface area contributed by atoms with Crippen LogP contribution in [0.15, 0.2) is 22.7 Å². The first-order valence-electron chi connectivity index (χ1n) is 6.87. The van der Waals surface area contributed by atoms with Gasteiger partial charge in [-0.2, -0.15) is 0 Å². The third-order valence-corrected chi connectivity index (χ3v) is 4.20. The van der Waals surface area contributed by atoms with Crippen molar-refractivity contribution in [3.63, 3.8) is 0 Å². The first-order valence-corrected chi connectivity index (χ1v) is 7.67. The fourth-order valence-electron chi connectivity index (χ4n) is 2.65. The molecule has 0 radical (unpaired) electrons. The maximum atomic E-state index is 12.2. The summed E-state index contributed by atoms with van der Waals surface area (Å²) in [6.07, 6.45) is 2.12. The molecule has 0 spiro atoms. The topological polar surface area (TPSA) is 66.8 Å². The fraction of sp³-hybridized carbons (Fsp3) is 0.467. The van der Waals surface area contributed by atoms with E-state index in [0.717, 1.165) is 22.2 Å². The summed E-state index contributed by atoms with van der Waals surface area (Å²) in [7, 11) is 1.59. The van der Waals surface area contributed by atoms with Crippen LogP contribution in [0.3, 0.4) is 0 Å². The zero-order valence-corrected chi connectivity index (χ0v) is 13.4. The molecule has 0 aromatic heterocycles. The highest BCUT2D eigenvalue weighted by atomic mass is 79.9. The lowest BCUT2D eigenvalue weighted by Crippen LogP contribution is -2.40. The molecule has 1 N–H and O–H groups in total. The van der Waals surface area contributed by atoms with E-state index in [2.05, 4.69) is 15.9 Å². The predicted octanol–water partition coefficient (Wildman–Crippen LogP) is 2.47. The summed E-state index contributed by atoms with van der Waals surface area (Å²) in [5.74, 6) is -0.287. The normalized spacial score (nSPS) is 17.8. The van der Waals surface area contributed by atoms with Gasteiger partial charge in [0, 0.05) is 17.4 Å². The van der Waals surface area contributed by atoms with Gasteiger partial charge in [-0.25, -0.2) is 4.79 Å². The number of nitrogens with zero attached hydrogens (tertiary/aromatic N) is 1. The SMILES string of the molecule is COc1ccc(Br)cc1CCC(=O)N1CCCC1C(=O)O. The molecule has 2 rings (SSSR count). The first kappa shape index (κ1) is 15.8. The summed E-state index contributed by atoms with van der Waals surface area (Å²) in [4.78, 5) is 24.8. The van der Waals surface area contributed by atoms with Crippen LogP contribution in [-0.2, 0) is 16.0 Å². The number of hydrogen-bond acceptors (Lipinski definition) is 3. The van der Waals surface area contributed by atoms with Crippen LogP contribution < -0.4 is 4.74 Å². The Bertz CT molecular complexity index is 546. The second-order valence-corrected chi connectivity index (χ2v) is 5.96. The van der Waals surface area contributed by atoms with Crippen molar-refractivity contribution in [3.05, 3.63) is 28.2 Å². The summed E-state index contributed by atoms with van der Waals surface area (Å²) in [6.45, 7) is 0.533. The van der Waals surface area contributed by atoms with Crippen LogP contribution in [0.4, 0.5) is 0 Å². The van der Waals surface area contributed by atoms with Crippen molar-refractivity contribution in [2.24, 2.45) is 0 Å². The van der Waals surface area contributed by atoms with Crippen LogP contribution in [0.5, 0.6) is 5.75 Å². The molecular formula is C15H18BrNO4. The quantitative estimate of drug-likeness (QED) is 0.880. The van der Waals surface area contributed by atoms with Gasteiger partial charge in [-0.1, -0.05) is 15.9 Å². The molecule has 5 nitrogen and oxygen atoms in total. The Kier molecular flexibility index (Phi) is 5.22. The predicted molar refractivity (Wildman–Crippen MR) is 81.4 cm³/mol. The molecule has 1 aromatic rings. The maximum Gasteiger partial charge on any atom is 0.326 e. The van der Waals surface area contributed by atoms with Crippen molar-refractivity contribution in [1.29, 1.82) is 0 Å². The van der Waals surface area contributed by atoms with Gasteiger partial charge in [0.2, 0.25) is 5.91 Å². The van der Waals surface area contributed by atoms with Crippen LogP contribution in [0.25, 0.3) is 0 Å². The molecule has 1 aliphatic heterocycles. The van der Waals surface area contributed by atoms with Crippen molar-refractivity contribution in [1.82, 2.24) is 4.90 Å². The van der Waals surface area contributed by atoms with Crippen molar-refractivity contribution in [2.45, 2.75) is 31.7 Å². The van der Waals surface area contributed by atoms with Crippen molar-refractivity contribution >= 4 is 27.8 Å². The van der Waals surface area contributed by atoms with Crippen LogP contribution in [0.1, 0.15) is 24.8 Å². The number of benzene rings is 1. The molecular weight excluding hydrogens is 338 g/mol. The first-order chi connectivity index (χ1) is 10.0. The van der Waals surface area contributed by atoms with E-state index in [9.17, 15) is 9.59 Å². The number of amides is 1. The standard InChI is InChI=1S/C15H18BrNO4/c1-21-13-6-5-11(16)9-10(13)4-7-14(18)17-8-2-3-12(17)15(19)20/h5-6,9,12H,2-4,7-8H2,1H3,(H,19,20).